The Balaban J connectivity index is 1.56. The SMILES string of the molecule is CC(C)CN1CCC(c2csc(Nc3ncccn3)n2)CC1. The molecule has 3 rings (SSSR count). The number of nitrogens with zero attached hydrogens (tertiary/aromatic N) is 4. The summed E-state index contributed by atoms with van der Waals surface area (Å²) < 4.78 is 0. The molecule has 0 amide bonds. The van der Waals surface area contributed by atoms with E-state index in [1.807, 2.05) is 6.07 Å². The van der Waals surface area contributed by atoms with Crippen LogP contribution in [-0.2, 0) is 0 Å². The van der Waals surface area contributed by atoms with E-state index in [2.05, 4.69) is 39.4 Å². The fourth-order valence-electron chi connectivity index (χ4n) is 2.92. The van der Waals surface area contributed by atoms with E-state index in [0.29, 0.717) is 11.9 Å². The first-order chi connectivity index (χ1) is 10.7. The molecule has 5 nitrogen and oxygen atoms in total. The van der Waals surface area contributed by atoms with Gasteiger partial charge < -0.3 is 10.2 Å². The van der Waals surface area contributed by atoms with E-state index in [-0.39, 0.29) is 0 Å². The Bertz CT molecular complexity index is 575. The number of hydrogen-bond donors (Lipinski definition) is 1. The van der Waals surface area contributed by atoms with Crippen molar-refractivity contribution >= 4 is 22.4 Å². The molecule has 1 saturated heterocycles. The zero-order chi connectivity index (χ0) is 15.4. The van der Waals surface area contributed by atoms with Gasteiger partial charge in [0.05, 0.1) is 5.69 Å². The summed E-state index contributed by atoms with van der Waals surface area (Å²) in [5.74, 6) is 1.94. The highest BCUT2D eigenvalue weighted by Gasteiger charge is 2.22. The summed E-state index contributed by atoms with van der Waals surface area (Å²) in [6.45, 7) is 8.16. The molecule has 0 aliphatic carbocycles. The van der Waals surface area contributed by atoms with Crippen LogP contribution < -0.4 is 5.32 Å². The largest absolute Gasteiger partial charge is 0.303 e. The molecule has 0 saturated carbocycles. The summed E-state index contributed by atoms with van der Waals surface area (Å²) in [5, 5.41) is 6.23. The van der Waals surface area contributed by atoms with Gasteiger partial charge in [-0.25, -0.2) is 15.0 Å². The number of likely N-dealkylation sites (tertiary alicyclic amines) is 1. The molecule has 0 aromatic carbocycles. The molecule has 118 valence electrons. The van der Waals surface area contributed by atoms with E-state index >= 15 is 0 Å². The summed E-state index contributed by atoms with van der Waals surface area (Å²) in [6.07, 6.45) is 5.87. The van der Waals surface area contributed by atoms with Gasteiger partial charge >= 0.3 is 0 Å². The standard InChI is InChI=1S/C16H23N5S/c1-12(2)10-21-8-4-13(5-9-21)14-11-22-16(19-14)20-15-17-6-3-7-18-15/h3,6-7,11-13H,4-5,8-10H2,1-2H3,(H,17,18,19,20). The van der Waals surface area contributed by atoms with Crippen LogP contribution in [0.2, 0.25) is 0 Å². The van der Waals surface area contributed by atoms with E-state index in [1.54, 1.807) is 23.7 Å². The van der Waals surface area contributed by atoms with E-state index in [4.69, 9.17) is 4.98 Å². The van der Waals surface area contributed by atoms with Gasteiger partial charge in [0.25, 0.3) is 0 Å². The van der Waals surface area contributed by atoms with Crippen LogP contribution in [0.25, 0.3) is 0 Å². The molecular formula is C16H23N5S. The monoisotopic (exact) mass is 317 g/mol. The third-order valence-corrected chi connectivity index (χ3v) is 4.71. The molecule has 0 bridgehead atoms. The Morgan fingerprint density at radius 3 is 2.68 bits per heavy atom. The van der Waals surface area contributed by atoms with Crippen molar-refractivity contribution in [3.05, 3.63) is 29.5 Å². The molecule has 2 aromatic rings. The van der Waals surface area contributed by atoms with Crippen LogP contribution in [-0.4, -0.2) is 39.5 Å². The molecule has 1 fully saturated rings. The molecule has 2 aromatic heterocycles. The van der Waals surface area contributed by atoms with Crippen molar-refractivity contribution in [3.8, 4) is 0 Å². The van der Waals surface area contributed by atoms with Crippen LogP contribution in [0.4, 0.5) is 11.1 Å². The van der Waals surface area contributed by atoms with Gasteiger partial charge in [0.2, 0.25) is 5.95 Å². The van der Waals surface area contributed by atoms with Crippen molar-refractivity contribution < 1.29 is 0 Å². The average Bonchev–Trinajstić information content (AvgIpc) is 2.97. The van der Waals surface area contributed by atoms with Crippen LogP contribution >= 0.6 is 11.3 Å². The van der Waals surface area contributed by atoms with Crippen LogP contribution in [0.3, 0.4) is 0 Å². The highest BCUT2D eigenvalue weighted by Crippen LogP contribution is 2.31. The Morgan fingerprint density at radius 1 is 1.27 bits per heavy atom. The van der Waals surface area contributed by atoms with E-state index in [1.165, 1.54) is 38.2 Å². The van der Waals surface area contributed by atoms with Gasteiger partial charge in [0.1, 0.15) is 0 Å². The average molecular weight is 317 g/mol. The number of anilines is 2. The molecular weight excluding hydrogens is 294 g/mol. The molecule has 0 radical (unpaired) electrons. The van der Waals surface area contributed by atoms with Crippen LogP contribution in [0.15, 0.2) is 23.8 Å². The normalized spacial score (nSPS) is 17.0. The lowest BCUT2D eigenvalue weighted by molar-refractivity contribution is 0.191. The van der Waals surface area contributed by atoms with E-state index in [0.717, 1.165) is 11.0 Å². The summed E-state index contributed by atoms with van der Waals surface area (Å²) in [4.78, 5) is 15.6. The maximum absolute atomic E-state index is 4.72. The predicted octanol–water partition coefficient (Wildman–Crippen LogP) is 3.51. The topological polar surface area (TPSA) is 53.9 Å². The number of piperidine rings is 1. The highest BCUT2D eigenvalue weighted by molar-refractivity contribution is 7.13. The van der Waals surface area contributed by atoms with Gasteiger partial charge in [0.15, 0.2) is 5.13 Å². The second-order valence-electron chi connectivity index (χ2n) is 6.24. The number of hydrogen-bond acceptors (Lipinski definition) is 6. The number of rotatable bonds is 5. The Labute approximate surface area is 135 Å². The first-order valence-electron chi connectivity index (χ1n) is 7.92. The lowest BCUT2D eigenvalue weighted by atomic mass is 9.94. The van der Waals surface area contributed by atoms with Gasteiger partial charge in [-0.1, -0.05) is 13.8 Å². The van der Waals surface area contributed by atoms with Crippen molar-refractivity contribution in [2.75, 3.05) is 25.0 Å². The smallest absolute Gasteiger partial charge is 0.228 e. The van der Waals surface area contributed by atoms with Gasteiger partial charge in [-0.15, -0.1) is 11.3 Å². The molecule has 1 N–H and O–H groups in total. The minimum atomic E-state index is 0.590. The van der Waals surface area contributed by atoms with Gasteiger partial charge in [-0.05, 0) is 37.9 Å². The van der Waals surface area contributed by atoms with Crippen LogP contribution in [0.5, 0.6) is 0 Å². The summed E-state index contributed by atoms with van der Waals surface area (Å²) in [6, 6.07) is 1.81. The molecule has 22 heavy (non-hydrogen) atoms. The maximum atomic E-state index is 4.72. The molecule has 0 unspecified atom stereocenters. The third kappa shape index (κ3) is 4.01. The number of aromatic nitrogens is 3. The minimum absolute atomic E-state index is 0.590. The van der Waals surface area contributed by atoms with Crippen molar-refractivity contribution in [2.45, 2.75) is 32.6 Å². The fraction of sp³-hybridized carbons (Fsp3) is 0.562. The van der Waals surface area contributed by atoms with E-state index in [9.17, 15) is 0 Å². The van der Waals surface area contributed by atoms with E-state index < -0.39 is 0 Å². The third-order valence-electron chi connectivity index (χ3n) is 3.94. The quantitative estimate of drug-likeness (QED) is 0.914. The first-order valence-corrected chi connectivity index (χ1v) is 8.80. The first kappa shape index (κ1) is 15.4. The van der Waals surface area contributed by atoms with Gasteiger partial charge in [-0.3, -0.25) is 0 Å². The van der Waals surface area contributed by atoms with Crippen molar-refractivity contribution in [3.63, 3.8) is 0 Å². The highest BCUT2D eigenvalue weighted by atomic mass is 32.1. The zero-order valence-electron chi connectivity index (χ0n) is 13.2. The second-order valence-corrected chi connectivity index (χ2v) is 7.10. The van der Waals surface area contributed by atoms with Crippen molar-refractivity contribution in [1.29, 1.82) is 0 Å². The van der Waals surface area contributed by atoms with Crippen LogP contribution in [0.1, 0.15) is 38.3 Å². The molecule has 0 spiro atoms. The molecule has 3 heterocycles. The zero-order valence-corrected chi connectivity index (χ0v) is 14.0. The lowest BCUT2D eigenvalue weighted by Gasteiger charge is -2.32. The van der Waals surface area contributed by atoms with Gasteiger partial charge in [0, 0.05) is 30.2 Å². The molecule has 6 heteroatoms. The lowest BCUT2D eigenvalue weighted by Crippen LogP contribution is -2.35. The summed E-state index contributed by atoms with van der Waals surface area (Å²) >= 11 is 1.63. The van der Waals surface area contributed by atoms with Crippen LogP contribution in [0, 0.1) is 5.92 Å². The summed E-state index contributed by atoms with van der Waals surface area (Å²) in [5.41, 5.74) is 1.22. The molecule has 0 atom stereocenters. The van der Waals surface area contributed by atoms with Crippen molar-refractivity contribution in [2.24, 2.45) is 5.92 Å². The molecule has 1 aliphatic heterocycles. The Morgan fingerprint density at radius 2 is 2.00 bits per heavy atom. The Kier molecular flexibility index (Phi) is 5.00. The second kappa shape index (κ2) is 7.15. The summed E-state index contributed by atoms with van der Waals surface area (Å²) in [7, 11) is 0. The van der Waals surface area contributed by atoms with Gasteiger partial charge in [-0.2, -0.15) is 0 Å². The Hall–Kier alpha value is -1.53. The fourth-order valence-corrected chi connectivity index (χ4v) is 3.70. The van der Waals surface area contributed by atoms with Crippen molar-refractivity contribution in [1.82, 2.24) is 19.9 Å². The molecule has 1 aliphatic rings. The minimum Gasteiger partial charge on any atom is -0.303 e. The number of nitrogens with one attached hydrogen (secondary N) is 1. The number of thiazole rings is 1. The predicted molar refractivity (Wildman–Crippen MR) is 90.7 cm³/mol. The maximum Gasteiger partial charge on any atom is 0.228 e.